The van der Waals surface area contributed by atoms with Crippen molar-refractivity contribution < 1.29 is 19.0 Å². The number of carbonyl (C=O) groups is 1. The Balaban J connectivity index is 2.04. The van der Waals surface area contributed by atoms with E-state index in [1.165, 1.54) is 0 Å². The quantitative estimate of drug-likeness (QED) is 0.722. The summed E-state index contributed by atoms with van der Waals surface area (Å²) in [5.41, 5.74) is 1.00. The Labute approximate surface area is 136 Å². The molecule has 22 heavy (non-hydrogen) atoms. The number of amides is 1. The van der Waals surface area contributed by atoms with Crippen LogP contribution in [-0.4, -0.2) is 48.8 Å². The molecule has 0 spiro atoms. The summed E-state index contributed by atoms with van der Waals surface area (Å²) in [6.45, 7) is 6.31. The van der Waals surface area contributed by atoms with Gasteiger partial charge in [0.2, 0.25) is 5.91 Å². The molecule has 1 amide bonds. The molecule has 6 heteroatoms. The molecule has 0 radical (unpaired) electrons. The molecular formula is C16H22ClNO4. The van der Waals surface area contributed by atoms with Gasteiger partial charge < -0.3 is 19.1 Å². The second-order valence-electron chi connectivity index (χ2n) is 5.29. The molecule has 0 saturated carbocycles. The Morgan fingerprint density at radius 2 is 1.95 bits per heavy atom. The third-order valence-corrected chi connectivity index (χ3v) is 3.68. The molecule has 1 aromatic carbocycles. The van der Waals surface area contributed by atoms with Crippen LogP contribution in [0.15, 0.2) is 24.3 Å². The van der Waals surface area contributed by atoms with Gasteiger partial charge >= 0.3 is 0 Å². The zero-order chi connectivity index (χ0) is 16.0. The number of hydrogen-bond donors (Lipinski definition) is 0. The van der Waals surface area contributed by atoms with E-state index in [0.717, 1.165) is 11.3 Å². The van der Waals surface area contributed by atoms with E-state index < -0.39 is 5.79 Å². The minimum Gasteiger partial charge on any atom is -0.494 e. The van der Waals surface area contributed by atoms with Crippen molar-refractivity contribution in [2.24, 2.45) is 0 Å². The highest BCUT2D eigenvalue weighted by atomic mass is 35.5. The molecule has 0 atom stereocenters. The summed E-state index contributed by atoms with van der Waals surface area (Å²) in [7, 11) is 0. The molecule has 0 N–H and O–H groups in total. The maximum Gasteiger partial charge on any atom is 0.237 e. The fourth-order valence-corrected chi connectivity index (χ4v) is 2.56. The van der Waals surface area contributed by atoms with Gasteiger partial charge in [0.05, 0.1) is 26.4 Å². The lowest BCUT2D eigenvalue weighted by atomic mass is 10.2. The first-order valence-corrected chi connectivity index (χ1v) is 7.93. The summed E-state index contributed by atoms with van der Waals surface area (Å²) in [6, 6.07) is 7.68. The van der Waals surface area contributed by atoms with E-state index in [9.17, 15) is 4.79 Å². The largest absolute Gasteiger partial charge is 0.494 e. The van der Waals surface area contributed by atoms with Gasteiger partial charge in [-0.3, -0.25) is 4.79 Å². The number of ether oxygens (including phenoxy) is 3. The van der Waals surface area contributed by atoms with Crippen LogP contribution in [0.3, 0.4) is 0 Å². The van der Waals surface area contributed by atoms with Crippen LogP contribution >= 0.6 is 11.6 Å². The Morgan fingerprint density at radius 1 is 1.32 bits per heavy atom. The van der Waals surface area contributed by atoms with Gasteiger partial charge in [0, 0.05) is 6.54 Å². The second-order valence-corrected chi connectivity index (χ2v) is 5.56. The highest BCUT2D eigenvalue weighted by molar-refractivity contribution is 6.27. The van der Waals surface area contributed by atoms with Crippen LogP contribution in [0, 0.1) is 0 Å². The van der Waals surface area contributed by atoms with Crippen molar-refractivity contribution in [3.8, 4) is 5.75 Å². The smallest absolute Gasteiger partial charge is 0.237 e. The van der Waals surface area contributed by atoms with E-state index >= 15 is 0 Å². The molecule has 1 aromatic rings. The summed E-state index contributed by atoms with van der Waals surface area (Å²) in [4.78, 5) is 13.7. The summed E-state index contributed by atoms with van der Waals surface area (Å²) >= 11 is 5.72. The maximum absolute atomic E-state index is 12.1. The third kappa shape index (κ3) is 4.60. The highest BCUT2D eigenvalue weighted by Gasteiger charge is 2.34. The lowest BCUT2D eigenvalue weighted by Crippen LogP contribution is -2.44. The van der Waals surface area contributed by atoms with Gasteiger partial charge in [-0.15, -0.1) is 11.6 Å². The van der Waals surface area contributed by atoms with Gasteiger partial charge in [0.25, 0.3) is 0 Å². The molecule has 0 aliphatic carbocycles. The minimum atomic E-state index is -0.757. The number of hydrogen-bond acceptors (Lipinski definition) is 4. The molecule has 0 aromatic heterocycles. The minimum absolute atomic E-state index is 0.0624. The van der Waals surface area contributed by atoms with E-state index in [1.54, 1.807) is 4.90 Å². The van der Waals surface area contributed by atoms with E-state index in [1.807, 2.05) is 38.1 Å². The van der Waals surface area contributed by atoms with E-state index in [-0.39, 0.29) is 11.8 Å². The Kier molecular flexibility index (Phi) is 6.06. The Bertz CT molecular complexity index is 485. The van der Waals surface area contributed by atoms with Gasteiger partial charge in [0.15, 0.2) is 5.79 Å². The molecule has 1 aliphatic rings. The van der Waals surface area contributed by atoms with Crippen molar-refractivity contribution in [3.63, 3.8) is 0 Å². The second kappa shape index (κ2) is 7.81. The summed E-state index contributed by atoms with van der Waals surface area (Å²) in [5, 5.41) is 0. The topological polar surface area (TPSA) is 48.0 Å². The van der Waals surface area contributed by atoms with Crippen LogP contribution in [0.2, 0.25) is 0 Å². The van der Waals surface area contributed by atoms with Crippen molar-refractivity contribution in [2.75, 3.05) is 32.2 Å². The van der Waals surface area contributed by atoms with Crippen LogP contribution in [0.5, 0.6) is 5.75 Å². The van der Waals surface area contributed by atoms with Crippen LogP contribution in [0.4, 0.5) is 0 Å². The van der Waals surface area contributed by atoms with Gasteiger partial charge in [-0.2, -0.15) is 0 Å². The molecule has 0 bridgehead atoms. The number of carbonyl (C=O) groups excluding carboxylic acids is 1. The first kappa shape index (κ1) is 17.1. The molecule has 1 heterocycles. The van der Waals surface area contributed by atoms with Crippen LogP contribution in [0.25, 0.3) is 0 Å². The molecule has 2 rings (SSSR count). The molecule has 5 nitrogen and oxygen atoms in total. The maximum atomic E-state index is 12.1. The number of nitrogens with zero attached hydrogens (tertiary/aromatic N) is 1. The van der Waals surface area contributed by atoms with Crippen molar-refractivity contribution in [1.29, 1.82) is 0 Å². The summed E-state index contributed by atoms with van der Waals surface area (Å²) in [5.74, 6) is -0.146. The fourth-order valence-electron chi connectivity index (χ4n) is 2.39. The molecule has 122 valence electrons. The molecule has 1 fully saturated rings. The third-order valence-electron chi connectivity index (χ3n) is 3.45. The zero-order valence-corrected chi connectivity index (χ0v) is 13.8. The van der Waals surface area contributed by atoms with Crippen LogP contribution < -0.4 is 4.74 Å². The van der Waals surface area contributed by atoms with Crippen molar-refractivity contribution >= 4 is 17.5 Å². The van der Waals surface area contributed by atoms with Crippen molar-refractivity contribution in [3.05, 3.63) is 29.8 Å². The predicted octanol–water partition coefficient (Wildman–Crippen LogP) is 2.42. The van der Waals surface area contributed by atoms with E-state index in [2.05, 4.69) is 0 Å². The van der Waals surface area contributed by atoms with Crippen molar-refractivity contribution in [1.82, 2.24) is 4.90 Å². The fraction of sp³-hybridized carbons (Fsp3) is 0.562. The number of alkyl halides is 1. The first-order valence-electron chi connectivity index (χ1n) is 7.39. The van der Waals surface area contributed by atoms with E-state index in [4.69, 9.17) is 25.8 Å². The molecular weight excluding hydrogens is 306 g/mol. The zero-order valence-electron chi connectivity index (χ0n) is 13.0. The predicted molar refractivity (Wildman–Crippen MR) is 84.1 cm³/mol. The summed E-state index contributed by atoms with van der Waals surface area (Å²) < 4.78 is 16.6. The normalized spacial score (nSPS) is 16.5. The molecule has 1 aliphatic heterocycles. The number of benzene rings is 1. The first-order chi connectivity index (χ1) is 10.6. The average Bonchev–Trinajstić information content (AvgIpc) is 2.94. The highest BCUT2D eigenvalue weighted by Crippen LogP contribution is 2.22. The number of rotatable bonds is 7. The average molecular weight is 328 g/mol. The SMILES string of the molecule is CCOc1ccc(CN(CC2(C)OCCO2)C(=O)CCl)cc1. The lowest BCUT2D eigenvalue weighted by molar-refractivity contribution is -0.166. The van der Waals surface area contributed by atoms with Gasteiger partial charge in [-0.05, 0) is 31.5 Å². The van der Waals surface area contributed by atoms with Crippen molar-refractivity contribution in [2.45, 2.75) is 26.2 Å². The van der Waals surface area contributed by atoms with E-state index in [0.29, 0.717) is 32.9 Å². The van der Waals surface area contributed by atoms with Crippen LogP contribution in [-0.2, 0) is 20.8 Å². The Hall–Kier alpha value is -1.30. The number of halogens is 1. The van der Waals surface area contributed by atoms with Crippen LogP contribution in [0.1, 0.15) is 19.4 Å². The standard InChI is InChI=1S/C16H22ClNO4/c1-3-20-14-6-4-13(5-7-14)11-18(15(19)10-17)12-16(2)21-8-9-22-16/h4-7H,3,8-12H2,1-2H3. The van der Waals surface area contributed by atoms with Gasteiger partial charge in [-0.25, -0.2) is 0 Å². The molecule has 1 saturated heterocycles. The Morgan fingerprint density at radius 3 is 2.50 bits per heavy atom. The monoisotopic (exact) mass is 327 g/mol. The summed E-state index contributed by atoms with van der Waals surface area (Å²) in [6.07, 6.45) is 0. The molecule has 0 unspecified atom stereocenters. The lowest BCUT2D eigenvalue weighted by Gasteiger charge is -2.31. The van der Waals surface area contributed by atoms with Gasteiger partial charge in [-0.1, -0.05) is 12.1 Å². The van der Waals surface area contributed by atoms with Gasteiger partial charge in [0.1, 0.15) is 11.6 Å².